The molecule has 1 saturated heterocycles. The van der Waals surface area contributed by atoms with Crippen molar-refractivity contribution in [3.63, 3.8) is 0 Å². The van der Waals surface area contributed by atoms with Gasteiger partial charge in [-0.15, -0.1) is 0 Å². The molecule has 3 rings (SSSR count). The molecule has 2 unspecified atom stereocenters. The summed E-state index contributed by atoms with van der Waals surface area (Å²) in [6, 6.07) is 5.06. The molecule has 2 aliphatic rings. The van der Waals surface area contributed by atoms with Crippen LogP contribution in [0.5, 0.6) is 0 Å². The van der Waals surface area contributed by atoms with Crippen LogP contribution in [0.1, 0.15) is 51.0 Å². The molecule has 1 aromatic rings. The molecular weight excluding hydrogens is 246 g/mol. The van der Waals surface area contributed by atoms with Gasteiger partial charge in [-0.3, -0.25) is 0 Å². The molecule has 2 atom stereocenters. The standard InChI is InChI=1S/C17H27N3/c1-2-10-18-13-15-7-5-11-19-17(15)20-12-9-14-6-3-4-8-16(14)20/h5,7,11,14,16,18H,2-4,6,8-10,12-13H2,1H3. The summed E-state index contributed by atoms with van der Waals surface area (Å²) in [5.41, 5.74) is 1.37. The first-order valence-electron chi connectivity index (χ1n) is 8.31. The lowest BCUT2D eigenvalue weighted by Gasteiger charge is -2.33. The maximum Gasteiger partial charge on any atom is 0.133 e. The smallest absolute Gasteiger partial charge is 0.133 e. The molecule has 0 spiro atoms. The van der Waals surface area contributed by atoms with Gasteiger partial charge in [0.05, 0.1) is 0 Å². The summed E-state index contributed by atoms with van der Waals surface area (Å²) in [6.07, 6.45) is 10.1. The van der Waals surface area contributed by atoms with Gasteiger partial charge in [-0.05, 0) is 44.2 Å². The second-order valence-corrected chi connectivity index (χ2v) is 6.26. The average molecular weight is 273 g/mol. The van der Waals surface area contributed by atoms with Gasteiger partial charge in [0.25, 0.3) is 0 Å². The van der Waals surface area contributed by atoms with Crippen molar-refractivity contribution in [3.8, 4) is 0 Å². The Morgan fingerprint density at radius 1 is 1.30 bits per heavy atom. The van der Waals surface area contributed by atoms with E-state index >= 15 is 0 Å². The van der Waals surface area contributed by atoms with Gasteiger partial charge < -0.3 is 10.2 Å². The third-order valence-electron chi connectivity index (χ3n) is 4.89. The van der Waals surface area contributed by atoms with Crippen LogP contribution in [0.25, 0.3) is 0 Å². The fourth-order valence-electron chi connectivity index (χ4n) is 3.90. The van der Waals surface area contributed by atoms with Crippen LogP contribution in [-0.4, -0.2) is 24.1 Å². The second kappa shape index (κ2) is 6.57. The highest BCUT2D eigenvalue weighted by atomic mass is 15.2. The van der Waals surface area contributed by atoms with E-state index in [0.717, 1.165) is 25.0 Å². The van der Waals surface area contributed by atoms with E-state index in [0.29, 0.717) is 0 Å². The molecular formula is C17H27N3. The molecule has 110 valence electrons. The summed E-state index contributed by atoms with van der Waals surface area (Å²) in [5, 5.41) is 3.52. The Hall–Kier alpha value is -1.09. The number of pyridine rings is 1. The molecule has 2 heterocycles. The topological polar surface area (TPSA) is 28.2 Å². The number of rotatable bonds is 5. The molecule has 2 fully saturated rings. The van der Waals surface area contributed by atoms with Crippen molar-refractivity contribution in [2.24, 2.45) is 5.92 Å². The van der Waals surface area contributed by atoms with Crippen molar-refractivity contribution in [1.82, 2.24) is 10.3 Å². The molecule has 1 aliphatic carbocycles. The van der Waals surface area contributed by atoms with Gasteiger partial charge in [-0.2, -0.15) is 0 Å². The minimum absolute atomic E-state index is 0.753. The normalized spacial score (nSPS) is 25.8. The summed E-state index contributed by atoms with van der Waals surface area (Å²) in [4.78, 5) is 7.32. The summed E-state index contributed by atoms with van der Waals surface area (Å²) >= 11 is 0. The molecule has 1 aromatic heterocycles. The van der Waals surface area contributed by atoms with Gasteiger partial charge >= 0.3 is 0 Å². The zero-order valence-electron chi connectivity index (χ0n) is 12.6. The first kappa shape index (κ1) is 13.9. The number of aromatic nitrogens is 1. The van der Waals surface area contributed by atoms with Crippen LogP contribution in [0.3, 0.4) is 0 Å². The van der Waals surface area contributed by atoms with E-state index in [9.17, 15) is 0 Å². The highest BCUT2D eigenvalue weighted by Gasteiger charge is 2.36. The Kier molecular flexibility index (Phi) is 4.56. The lowest BCUT2D eigenvalue weighted by Crippen LogP contribution is -2.36. The van der Waals surface area contributed by atoms with Gasteiger partial charge in [-0.1, -0.05) is 25.8 Å². The van der Waals surface area contributed by atoms with Crippen LogP contribution in [0.2, 0.25) is 0 Å². The number of hydrogen-bond acceptors (Lipinski definition) is 3. The Morgan fingerprint density at radius 3 is 3.10 bits per heavy atom. The SMILES string of the molecule is CCCNCc1cccnc1N1CCC2CCCCC21. The molecule has 0 amide bonds. The van der Waals surface area contributed by atoms with E-state index in [1.54, 1.807) is 0 Å². The van der Waals surface area contributed by atoms with Gasteiger partial charge in [0, 0.05) is 30.9 Å². The number of nitrogens with one attached hydrogen (secondary N) is 1. The largest absolute Gasteiger partial charge is 0.353 e. The van der Waals surface area contributed by atoms with E-state index in [1.807, 2.05) is 6.20 Å². The summed E-state index contributed by atoms with van der Waals surface area (Å²) in [7, 11) is 0. The Labute approximate surface area is 122 Å². The van der Waals surface area contributed by atoms with Crippen LogP contribution in [0.15, 0.2) is 18.3 Å². The van der Waals surface area contributed by atoms with Crippen LogP contribution < -0.4 is 10.2 Å². The third kappa shape index (κ3) is 2.83. The molecule has 3 nitrogen and oxygen atoms in total. The van der Waals surface area contributed by atoms with Crippen molar-refractivity contribution in [2.75, 3.05) is 18.0 Å². The molecule has 3 heteroatoms. The lowest BCUT2D eigenvalue weighted by molar-refractivity contribution is 0.341. The van der Waals surface area contributed by atoms with Crippen molar-refractivity contribution in [2.45, 2.75) is 58.0 Å². The Morgan fingerprint density at radius 2 is 2.20 bits per heavy atom. The molecule has 1 saturated carbocycles. The van der Waals surface area contributed by atoms with E-state index in [2.05, 4.69) is 29.3 Å². The summed E-state index contributed by atoms with van der Waals surface area (Å²) < 4.78 is 0. The number of fused-ring (bicyclic) bond motifs is 1. The molecule has 20 heavy (non-hydrogen) atoms. The second-order valence-electron chi connectivity index (χ2n) is 6.26. The first-order chi connectivity index (χ1) is 9.90. The average Bonchev–Trinajstić information content (AvgIpc) is 2.92. The molecule has 0 bridgehead atoms. The molecule has 0 radical (unpaired) electrons. The summed E-state index contributed by atoms with van der Waals surface area (Å²) in [6.45, 7) is 5.45. The predicted octanol–water partition coefficient (Wildman–Crippen LogP) is 3.35. The van der Waals surface area contributed by atoms with Crippen molar-refractivity contribution in [3.05, 3.63) is 23.9 Å². The minimum Gasteiger partial charge on any atom is -0.353 e. The number of nitrogens with zero attached hydrogens (tertiary/aromatic N) is 2. The van der Waals surface area contributed by atoms with Crippen molar-refractivity contribution in [1.29, 1.82) is 0 Å². The highest BCUT2D eigenvalue weighted by Crippen LogP contribution is 2.38. The number of anilines is 1. The van der Waals surface area contributed by atoms with Gasteiger partial charge in [-0.25, -0.2) is 4.98 Å². The third-order valence-corrected chi connectivity index (χ3v) is 4.89. The quantitative estimate of drug-likeness (QED) is 0.834. The van der Waals surface area contributed by atoms with Crippen molar-refractivity contribution < 1.29 is 0 Å². The lowest BCUT2D eigenvalue weighted by atomic mass is 9.85. The van der Waals surface area contributed by atoms with E-state index in [-0.39, 0.29) is 0 Å². The number of hydrogen-bond donors (Lipinski definition) is 1. The van der Waals surface area contributed by atoms with Gasteiger partial charge in [0.2, 0.25) is 0 Å². The monoisotopic (exact) mass is 273 g/mol. The van der Waals surface area contributed by atoms with Crippen LogP contribution in [0, 0.1) is 5.92 Å². The highest BCUT2D eigenvalue weighted by molar-refractivity contribution is 5.49. The van der Waals surface area contributed by atoms with E-state index in [4.69, 9.17) is 4.98 Å². The fourth-order valence-corrected chi connectivity index (χ4v) is 3.90. The molecule has 1 aliphatic heterocycles. The van der Waals surface area contributed by atoms with Gasteiger partial charge in [0.1, 0.15) is 5.82 Å². The Balaban J connectivity index is 1.75. The first-order valence-corrected chi connectivity index (χ1v) is 8.31. The van der Waals surface area contributed by atoms with Crippen molar-refractivity contribution >= 4 is 5.82 Å². The predicted molar refractivity (Wildman–Crippen MR) is 83.9 cm³/mol. The zero-order valence-corrected chi connectivity index (χ0v) is 12.6. The van der Waals surface area contributed by atoms with Gasteiger partial charge in [0.15, 0.2) is 0 Å². The fraction of sp³-hybridized carbons (Fsp3) is 0.706. The molecule has 0 aromatic carbocycles. The van der Waals surface area contributed by atoms with Crippen LogP contribution >= 0.6 is 0 Å². The van der Waals surface area contributed by atoms with Crippen LogP contribution in [-0.2, 0) is 6.54 Å². The van der Waals surface area contributed by atoms with E-state index in [1.165, 1.54) is 56.5 Å². The maximum absolute atomic E-state index is 4.72. The maximum atomic E-state index is 4.72. The summed E-state index contributed by atoms with van der Waals surface area (Å²) in [5.74, 6) is 2.16. The van der Waals surface area contributed by atoms with E-state index < -0.39 is 0 Å². The Bertz CT molecular complexity index is 432. The molecule has 1 N–H and O–H groups in total. The minimum atomic E-state index is 0.753. The van der Waals surface area contributed by atoms with Crippen LogP contribution in [0.4, 0.5) is 5.82 Å². The zero-order chi connectivity index (χ0) is 13.8.